The Kier molecular flexibility index (Phi) is 3.99. The molecular weight excluding hydrogens is 255 g/mol. The van der Waals surface area contributed by atoms with Crippen molar-refractivity contribution in [2.45, 2.75) is 12.8 Å². The first-order chi connectivity index (χ1) is 8.69. The summed E-state index contributed by atoms with van der Waals surface area (Å²) in [5.74, 6) is -0.793. The van der Waals surface area contributed by atoms with E-state index < -0.39 is 5.95 Å². The number of aromatic nitrogens is 2. The first kappa shape index (κ1) is 12.6. The first-order valence-corrected chi connectivity index (χ1v) is 6.20. The Hall–Kier alpha value is -1.82. The fourth-order valence-corrected chi connectivity index (χ4v) is 2.27. The van der Waals surface area contributed by atoms with Crippen molar-refractivity contribution >= 4 is 17.3 Å². The van der Waals surface area contributed by atoms with Crippen LogP contribution in [0.2, 0.25) is 0 Å². The van der Waals surface area contributed by atoms with Gasteiger partial charge < -0.3 is 4.74 Å². The molecule has 0 fully saturated rings. The molecule has 0 aliphatic heterocycles. The van der Waals surface area contributed by atoms with Crippen molar-refractivity contribution in [3.8, 4) is 10.6 Å². The van der Waals surface area contributed by atoms with E-state index in [1.165, 1.54) is 30.7 Å². The van der Waals surface area contributed by atoms with Gasteiger partial charge in [-0.3, -0.25) is 4.79 Å². The molecule has 2 aromatic rings. The lowest BCUT2D eigenvalue weighted by Crippen LogP contribution is -2.01. The Labute approximate surface area is 107 Å². The minimum Gasteiger partial charge on any atom is -0.469 e. The molecule has 4 nitrogen and oxygen atoms in total. The molecule has 6 heteroatoms. The van der Waals surface area contributed by atoms with Crippen molar-refractivity contribution in [2.24, 2.45) is 0 Å². The van der Waals surface area contributed by atoms with Gasteiger partial charge in [-0.1, -0.05) is 0 Å². The largest absolute Gasteiger partial charge is 0.469 e. The van der Waals surface area contributed by atoms with Crippen LogP contribution in [0.1, 0.15) is 12.1 Å². The fraction of sp³-hybridized carbons (Fsp3) is 0.250. The molecule has 0 saturated heterocycles. The summed E-state index contributed by atoms with van der Waals surface area (Å²) in [4.78, 5) is 18.8. The number of carbonyl (C=O) groups excluding carboxylic acids is 1. The van der Waals surface area contributed by atoms with E-state index in [9.17, 15) is 9.18 Å². The molecule has 0 aliphatic rings. The molecule has 2 heterocycles. The van der Waals surface area contributed by atoms with E-state index in [0.29, 0.717) is 18.4 Å². The van der Waals surface area contributed by atoms with Crippen molar-refractivity contribution in [3.05, 3.63) is 35.4 Å². The second-order valence-electron chi connectivity index (χ2n) is 3.59. The number of ether oxygens (including phenoxy) is 1. The molecule has 0 atom stereocenters. The molecule has 0 aliphatic carbocycles. The van der Waals surface area contributed by atoms with Crippen molar-refractivity contribution in [1.82, 2.24) is 9.97 Å². The standard InChI is InChI=1S/C12H11FN2O2S/c1-17-11(16)3-2-9-7-18-12(15-9)8-4-5-14-10(13)6-8/h4-7H,2-3H2,1H3. The Morgan fingerprint density at radius 3 is 3.11 bits per heavy atom. The van der Waals surface area contributed by atoms with Crippen LogP contribution in [0.5, 0.6) is 0 Å². The van der Waals surface area contributed by atoms with Gasteiger partial charge in [-0.05, 0) is 6.07 Å². The third-order valence-corrected chi connectivity index (χ3v) is 3.28. The molecule has 0 radical (unpaired) electrons. The van der Waals surface area contributed by atoms with Crippen LogP contribution < -0.4 is 0 Å². The van der Waals surface area contributed by atoms with Crippen LogP contribution in [-0.2, 0) is 16.0 Å². The molecule has 0 N–H and O–H groups in total. The van der Waals surface area contributed by atoms with Crippen molar-refractivity contribution in [2.75, 3.05) is 7.11 Å². The van der Waals surface area contributed by atoms with Gasteiger partial charge >= 0.3 is 5.97 Å². The highest BCUT2D eigenvalue weighted by Gasteiger charge is 2.08. The van der Waals surface area contributed by atoms with E-state index in [2.05, 4.69) is 14.7 Å². The van der Waals surface area contributed by atoms with Crippen LogP contribution in [0.4, 0.5) is 4.39 Å². The number of esters is 1. The van der Waals surface area contributed by atoms with Gasteiger partial charge in [-0.25, -0.2) is 9.97 Å². The maximum absolute atomic E-state index is 13.0. The zero-order valence-corrected chi connectivity index (χ0v) is 10.5. The monoisotopic (exact) mass is 266 g/mol. The van der Waals surface area contributed by atoms with Crippen LogP contribution in [-0.4, -0.2) is 23.0 Å². The molecule has 0 aromatic carbocycles. The minimum absolute atomic E-state index is 0.264. The van der Waals surface area contributed by atoms with Gasteiger partial charge in [-0.2, -0.15) is 4.39 Å². The predicted octanol–water partition coefficient (Wildman–Crippen LogP) is 2.45. The van der Waals surface area contributed by atoms with Gasteiger partial charge in [0.2, 0.25) is 5.95 Å². The molecule has 2 aromatic heterocycles. The van der Waals surface area contributed by atoms with Crippen LogP contribution in [0.15, 0.2) is 23.7 Å². The third-order valence-electron chi connectivity index (χ3n) is 2.34. The van der Waals surface area contributed by atoms with Crippen LogP contribution in [0.3, 0.4) is 0 Å². The van der Waals surface area contributed by atoms with Crippen molar-refractivity contribution in [3.63, 3.8) is 0 Å². The minimum atomic E-state index is -0.529. The quantitative estimate of drug-likeness (QED) is 0.630. The Morgan fingerprint density at radius 1 is 1.56 bits per heavy atom. The van der Waals surface area contributed by atoms with Crippen molar-refractivity contribution < 1.29 is 13.9 Å². The van der Waals surface area contributed by atoms with Gasteiger partial charge in [0.15, 0.2) is 0 Å². The molecule has 0 saturated carbocycles. The van der Waals surface area contributed by atoms with Gasteiger partial charge in [0.25, 0.3) is 0 Å². The van der Waals surface area contributed by atoms with Gasteiger partial charge in [0.1, 0.15) is 5.01 Å². The normalized spacial score (nSPS) is 10.3. The first-order valence-electron chi connectivity index (χ1n) is 5.32. The second kappa shape index (κ2) is 5.68. The van der Waals surface area contributed by atoms with Crippen molar-refractivity contribution in [1.29, 1.82) is 0 Å². The van der Waals surface area contributed by atoms with Gasteiger partial charge in [0.05, 0.1) is 19.2 Å². The molecule has 94 valence electrons. The average molecular weight is 266 g/mol. The molecule has 2 rings (SSSR count). The van der Waals surface area contributed by atoms with E-state index in [4.69, 9.17) is 0 Å². The number of pyridine rings is 1. The Morgan fingerprint density at radius 2 is 2.39 bits per heavy atom. The maximum atomic E-state index is 13.0. The zero-order valence-electron chi connectivity index (χ0n) is 9.72. The lowest BCUT2D eigenvalue weighted by molar-refractivity contribution is -0.140. The van der Waals surface area contributed by atoms with E-state index >= 15 is 0 Å². The highest BCUT2D eigenvalue weighted by atomic mass is 32.1. The highest BCUT2D eigenvalue weighted by molar-refractivity contribution is 7.13. The number of nitrogens with zero attached hydrogens (tertiary/aromatic N) is 2. The summed E-state index contributed by atoms with van der Waals surface area (Å²) in [6.07, 6.45) is 2.22. The number of halogens is 1. The molecule has 0 bridgehead atoms. The number of hydrogen-bond acceptors (Lipinski definition) is 5. The zero-order chi connectivity index (χ0) is 13.0. The molecule has 0 amide bonds. The predicted molar refractivity (Wildman–Crippen MR) is 65.6 cm³/mol. The summed E-state index contributed by atoms with van der Waals surface area (Å²) in [5.41, 5.74) is 1.49. The number of methoxy groups -OCH3 is 1. The van der Waals surface area contributed by atoms with E-state index in [-0.39, 0.29) is 5.97 Å². The fourth-order valence-electron chi connectivity index (χ4n) is 1.42. The second-order valence-corrected chi connectivity index (χ2v) is 4.45. The third kappa shape index (κ3) is 3.10. The van der Waals surface area contributed by atoms with Crippen LogP contribution in [0.25, 0.3) is 10.6 Å². The number of carbonyl (C=O) groups is 1. The lowest BCUT2D eigenvalue weighted by atomic mass is 10.2. The summed E-state index contributed by atoms with van der Waals surface area (Å²) in [7, 11) is 1.36. The summed E-state index contributed by atoms with van der Waals surface area (Å²) in [6, 6.07) is 3.04. The van der Waals surface area contributed by atoms with Gasteiger partial charge in [-0.15, -0.1) is 11.3 Å². The van der Waals surface area contributed by atoms with E-state index in [1.807, 2.05) is 5.38 Å². The number of hydrogen-bond donors (Lipinski definition) is 0. The summed E-state index contributed by atoms with van der Waals surface area (Å²) in [5, 5.41) is 2.58. The Balaban J connectivity index is 2.08. The average Bonchev–Trinajstić information content (AvgIpc) is 2.84. The smallest absolute Gasteiger partial charge is 0.305 e. The van der Waals surface area contributed by atoms with E-state index in [1.54, 1.807) is 6.07 Å². The number of thiazole rings is 1. The number of aryl methyl sites for hydroxylation is 1. The summed E-state index contributed by atoms with van der Waals surface area (Å²) in [6.45, 7) is 0. The lowest BCUT2D eigenvalue weighted by Gasteiger charge is -1.97. The summed E-state index contributed by atoms with van der Waals surface area (Å²) >= 11 is 1.41. The Bertz CT molecular complexity index is 557. The highest BCUT2D eigenvalue weighted by Crippen LogP contribution is 2.24. The molecule has 0 spiro atoms. The van der Waals surface area contributed by atoms with Crippen LogP contribution >= 0.6 is 11.3 Å². The van der Waals surface area contributed by atoms with Gasteiger partial charge in [0, 0.05) is 29.6 Å². The molecule has 18 heavy (non-hydrogen) atoms. The summed E-state index contributed by atoms with van der Waals surface area (Å²) < 4.78 is 17.5. The molecular formula is C12H11FN2O2S. The molecule has 0 unspecified atom stereocenters. The topological polar surface area (TPSA) is 52.1 Å². The van der Waals surface area contributed by atoms with Crippen LogP contribution in [0, 0.1) is 5.95 Å². The van der Waals surface area contributed by atoms with E-state index in [0.717, 1.165) is 10.7 Å². The number of rotatable bonds is 4. The SMILES string of the molecule is COC(=O)CCc1csc(-c2ccnc(F)c2)n1. The maximum Gasteiger partial charge on any atom is 0.305 e.